The second-order valence-corrected chi connectivity index (χ2v) is 6.43. The number of rotatable bonds is 6. The van der Waals surface area contributed by atoms with Gasteiger partial charge in [-0.2, -0.15) is 0 Å². The first-order valence-corrected chi connectivity index (χ1v) is 8.33. The van der Waals surface area contributed by atoms with Crippen molar-refractivity contribution in [2.45, 2.75) is 25.9 Å². The fourth-order valence-corrected chi connectivity index (χ4v) is 2.82. The number of carbonyl (C=O) groups is 2. The van der Waals surface area contributed by atoms with E-state index in [-0.39, 0.29) is 11.8 Å². The number of hydrogen-bond acceptors (Lipinski definition) is 2. The Morgan fingerprint density at radius 2 is 1.46 bits per heavy atom. The van der Waals surface area contributed by atoms with Crippen molar-refractivity contribution in [3.63, 3.8) is 0 Å². The molecule has 0 aliphatic heterocycles. The van der Waals surface area contributed by atoms with E-state index in [0.29, 0.717) is 31.0 Å². The maximum absolute atomic E-state index is 12.4. The summed E-state index contributed by atoms with van der Waals surface area (Å²) >= 11 is 6.09. The molecular weight excluding hydrogens is 324 g/mol. The quantitative estimate of drug-likeness (QED) is 0.793. The maximum atomic E-state index is 12.4. The van der Waals surface area contributed by atoms with Crippen molar-refractivity contribution in [2.24, 2.45) is 5.41 Å². The number of carbonyl (C=O) groups excluding carboxylic acids is 2. The van der Waals surface area contributed by atoms with Crippen LogP contribution in [0.4, 0.5) is 0 Å². The largest absolute Gasteiger partial charge is 0.351 e. The molecule has 0 radical (unpaired) electrons. The molecule has 124 valence electrons. The first-order chi connectivity index (χ1) is 11.6. The van der Waals surface area contributed by atoms with Crippen LogP contribution in [-0.2, 0) is 22.7 Å². The van der Waals surface area contributed by atoms with Gasteiger partial charge < -0.3 is 10.6 Å². The van der Waals surface area contributed by atoms with E-state index >= 15 is 0 Å². The molecule has 24 heavy (non-hydrogen) atoms. The highest BCUT2D eigenvalue weighted by Crippen LogP contribution is 2.46. The minimum atomic E-state index is -0.921. The molecule has 3 rings (SSSR count). The van der Waals surface area contributed by atoms with Crippen molar-refractivity contribution in [3.8, 4) is 0 Å². The van der Waals surface area contributed by atoms with Gasteiger partial charge in [0.2, 0.25) is 11.8 Å². The lowest BCUT2D eigenvalue weighted by atomic mass is 10.0. The van der Waals surface area contributed by atoms with Gasteiger partial charge in [-0.25, -0.2) is 0 Å². The van der Waals surface area contributed by atoms with Crippen LogP contribution in [0.1, 0.15) is 24.0 Å². The Morgan fingerprint density at radius 1 is 0.875 bits per heavy atom. The molecule has 0 atom stereocenters. The number of benzene rings is 2. The van der Waals surface area contributed by atoms with Crippen molar-refractivity contribution < 1.29 is 9.59 Å². The van der Waals surface area contributed by atoms with Crippen LogP contribution in [0.25, 0.3) is 0 Å². The predicted molar refractivity (Wildman–Crippen MR) is 93.3 cm³/mol. The zero-order valence-electron chi connectivity index (χ0n) is 13.2. The first kappa shape index (κ1) is 16.5. The summed E-state index contributed by atoms with van der Waals surface area (Å²) in [6.45, 7) is 0.755. The lowest BCUT2D eigenvalue weighted by Gasteiger charge is -2.16. The van der Waals surface area contributed by atoms with Gasteiger partial charge in [-0.05, 0) is 30.0 Å². The summed E-state index contributed by atoms with van der Waals surface area (Å²) in [5.74, 6) is -0.434. The van der Waals surface area contributed by atoms with E-state index in [4.69, 9.17) is 11.6 Å². The van der Waals surface area contributed by atoms with Crippen LogP contribution in [0.15, 0.2) is 54.6 Å². The third-order valence-electron chi connectivity index (χ3n) is 4.31. The number of hydrogen-bond donors (Lipinski definition) is 2. The van der Waals surface area contributed by atoms with Crippen LogP contribution in [0.3, 0.4) is 0 Å². The maximum Gasteiger partial charge on any atom is 0.235 e. The predicted octanol–water partition coefficient (Wildman–Crippen LogP) is 3.05. The highest BCUT2D eigenvalue weighted by Gasteiger charge is 2.56. The standard InChI is InChI=1S/C19H19ClN2O2/c20-16-9-5-4-8-15(16)13-22-18(24)19(10-11-19)17(23)21-12-14-6-2-1-3-7-14/h1-9H,10-13H2,(H,21,23)(H,22,24). The van der Waals surface area contributed by atoms with Gasteiger partial charge >= 0.3 is 0 Å². The van der Waals surface area contributed by atoms with Gasteiger partial charge in [-0.3, -0.25) is 9.59 Å². The van der Waals surface area contributed by atoms with Crippen LogP contribution in [0, 0.1) is 5.41 Å². The molecule has 0 aromatic heterocycles. The summed E-state index contributed by atoms with van der Waals surface area (Å²) in [5, 5.41) is 6.31. The van der Waals surface area contributed by atoms with Gasteiger partial charge in [0.25, 0.3) is 0 Å². The van der Waals surface area contributed by atoms with Crippen molar-refractivity contribution in [2.75, 3.05) is 0 Å². The van der Waals surface area contributed by atoms with Gasteiger partial charge in [-0.15, -0.1) is 0 Å². The van der Waals surface area contributed by atoms with Crippen molar-refractivity contribution >= 4 is 23.4 Å². The van der Waals surface area contributed by atoms with Gasteiger partial charge in [0, 0.05) is 18.1 Å². The van der Waals surface area contributed by atoms with Gasteiger partial charge in [0.05, 0.1) is 0 Å². The second kappa shape index (κ2) is 7.05. The summed E-state index contributed by atoms with van der Waals surface area (Å²) < 4.78 is 0. The fourth-order valence-electron chi connectivity index (χ4n) is 2.62. The van der Waals surface area contributed by atoms with Crippen LogP contribution in [0.5, 0.6) is 0 Å². The van der Waals surface area contributed by atoms with Gasteiger partial charge in [-0.1, -0.05) is 60.1 Å². The Labute approximate surface area is 146 Å². The summed E-state index contributed by atoms with van der Waals surface area (Å²) in [5.41, 5.74) is 0.932. The van der Waals surface area contributed by atoms with Gasteiger partial charge in [0.15, 0.2) is 0 Å². The van der Waals surface area contributed by atoms with Crippen molar-refractivity contribution in [1.29, 1.82) is 0 Å². The van der Waals surface area contributed by atoms with Crippen LogP contribution >= 0.6 is 11.6 Å². The highest BCUT2D eigenvalue weighted by molar-refractivity contribution is 6.31. The molecule has 2 aromatic rings. The molecule has 0 bridgehead atoms. The second-order valence-electron chi connectivity index (χ2n) is 6.02. The molecule has 2 N–H and O–H groups in total. The minimum absolute atomic E-state index is 0.206. The fraction of sp³-hybridized carbons (Fsp3) is 0.263. The molecule has 0 saturated heterocycles. The molecule has 0 unspecified atom stereocenters. The minimum Gasteiger partial charge on any atom is -0.351 e. The first-order valence-electron chi connectivity index (χ1n) is 7.96. The normalized spacial score (nSPS) is 14.7. The topological polar surface area (TPSA) is 58.2 Å². The van der Waals surface area contributed by atoms with Crippen LogP contribution < -0.4 is 10.6 Å². The van der Waals surface area contributed by atoms with Crippen molar-refractivity contribution in [3.05, 3.63) is 70.7 Å². The average Bonchev–Trinajstić information content (AvgIpc) is 3.41. The Hall–Kier alpha value is -2.33. The lowest BCUT2D eigenvalue weighted by molar-refractivity contribution is -0.137. The third kappa shape index (κ3) is 3.60. The monoisotopic (exact) mass is 342 g/mol. The summed E-state index contributed by atoms with van der Waals surface area (Å²) in [4.78, 5) is 24.9. The molecule has 1 aliphatic carbocycles. The molecule has 2 aromatic carbocycles. The van der Waals surface area contributed by atoms with E-state index in [0.717, 1.165) is 11.1 Å². The molecule has 1 saturated carbocycles. The molecule has 0 heterocycles. The summed E-state index contributed by atoms with van der Waals surface area (Å²) in [7, 11) is 0. The summed E-state index contributed by atoms with van der Waals surface area (Å²) in [6, 6.07) is 17.0. The lowest BCUT2D eigenvalue weighted by Crippen LogP contribution is -2.42. The average molecular weight is 343 g/mol. The summed E-state index contributed by atoms with van der Waals surface area (Å²) in [6.07, 6.45) is 1.17. The molecule has 4 nitrogen and oxygen atoms in total. The Bertz CT molecular complexity index is 742. The zero-order chi connectivity index (χ0) is 17.0. The van der Waals surface area contributed by atoms with E-state index in [2.05, 4.69) is 10.6 Å². The van der Waals surface area contributed by atoms with Crippen molar-refractivity contribution in [1.82, 2.24) is 10.6 Å². The number of amides is 2. The van der Waals surface area contributed by atoms with E-state index in [1.54, 1.807) is 6.07 Å². The number of halogens is 1. The van der Waals surface area contributed by atoms with E-state index in [1.807, 2.05) is 48.5 Å². The van der Waals surface area contributed by atoms with Gasteiger partial charge in [0.1, 0.15) is 5.41 Å². The molecular formula is C19H19ClN2O2. The smallest absolute Gasteiger partial charge is 0.235 e. The third-order valence-corrected chi connectivity index (χ3v) is 4.68. The SMILES string of the molecule is O=C(NCc1ccccc1)C1(C(=O)NCc2ccccc2Cl)CC1. The Kier molecular flexibility index (Phi) is 4.86. The van der Waals surface area contributed by atoms with Crippen LogP contribution in [-0.4, -0.2) is 11.8 Å². The molecule has 1 fully saturated rings. The molecule has 5 heteroatoms. The van der Waals surface area contributed by atoms with E-state index in [1.165, 1.54) is 0 Å². The molecule has 2 amide bonds. The van der Waals surface area contributed by atoms with E-state index in [9.17, 15) is 9.59 Å². The van der Waals surface area contributed by atoms with E-state index < -0.39 is 5.41 Å². The van der Waals surface area contributed by atoms with Crippen LogP contribution in [0.2, 0.25) is 5.02 Å². The molecule has 1 aliphatic rings. The Balaban J connectivity index is 1.56. The highest BCUT2D eigenvalue weighted by atomic mass is 35.5. The number of nitrogens with one attached hydrogen (secondary N) is 2. The Morgan fingerprint density at radius 3 is 2.08 bits per heavy atom. The zero-order valence-corrected chi connectivity index (χ0v) is 14.0. The molecule has 0 spiro atoms.